The van der Waals surface area contributed by atoms with E-state index < -0.39 is 41.6 Å². The van der Waals surface area contributed by atoms with E-state index in [0.717, 1.165) is 17.2 Å². The number of Topliss-reactive ketones (excluding diaryl/α,β-unsaturated/α-hetero) is 1. The number of hydrogen-bond donors (Lipinski definition) is 1. The number of carbonyl (C=O) groups is 3. The Morgan fingerprint density at radius 3 is 2.41 bits per heavy atom. The van der Waals surface area contributed by atoms with E-state index in [4.69, 9.17) is 9.47 Å². The van der Waals surface area contributed by atoms with Crippen LogP contribution in [0.2, 0.25) is 0 Å². The van der Waals surface area contributed by atoms with Crippen molar-refractivity contribution in [1.29, 1.82) is 0 Å². The van der Waals surface area contributed by atoms with E-state index in [1.807, 2.05) is 37.4 Å². The Bertz CT molecular complexity index is 1680. The van der Waals surface area contributed by atoms with Gasteiger partial charge in [-0.2, -0.15) is 0 Å². The first-order valence-electron chi connectivity index (χ1n) is 13.1. The number of fused-ring (bicyclic) bond motifs is 1. The minimum Gasteiger partial charge on any atom is -0.480 e. The van der Waals surface area contributed by atoms with Crippen LogP contribution in [0, 0.1) is 25.6 Å². The third-order valence-corrected chi connectivity index (χ3v) is 9.00. The number of amides is 1. The summed E-state index contributed by atoms with van der Waals surface area (Å²) in [5.74, 6) is -3.72. The lowest BCUT2D eigenvalue weighted by molar-refractivity contribution is -0.142. The van der Waals surface area contributed by atoms with Crippen molar-refractivity contribution in [2.75, 3.05) is 6.79 Å². The van der Waals surface area contributed by atoms with Crippen molar-refractivity contribution in [3.63, 3.8) is 0 Å². The number of rotatable bonds is 6. The fourth-order valence-corrected chi connectivity index (χ4v) is 7.15. The van der Waals surface area contributed by atoms with Gasteiger partial charge in [0.1, 0.15) is 11.9 Å². The number of benzene rings is 3. The molecule has 41 heavy (non-hydrogen) atoms. The minimum atomic E-state index is -1.41. The molecule has 2 aliphatic heterocycles. The molecule has 0 aliphatic carbocycles. The van der Waals surface area contributed by atoms with Crippen LogP contribution in [0.1, 0.15) is 54.2 Å². The van der Waals surface area contributed by atoms with Crippen LogP contribution in [-0.4, -0.2) is 40.5 Å². The molecule has 0 saturated carbocycles. The zero-order valence-electron chi connectivity index (χ0n) is 22.2. The van der Waals surface area contributed by atoms with Gasteiger partial charge in [0, 0.05) is 21.9 Å². The standard InChI is InChI=1S/C32H26FNO6S/c1-17-6-3-4-9-22(17)29(35)25-26(30-18(2)12-13-41-30)28(32(37)38)34(31(36)20-7-5-8-21(33)14-20)27(25)19-10-11-23-24(15-19)40-16-39-23/h3-15,25-28H,16H2,1-2H3,(H,37,38). The van der Waals surface area contributed by atoms with Crippen molar-refractivity contribution in [2.24, 2.45) is 5.92 Å². The third-order valence-electron chi connectivity index (χ3n) is 7.88. The van der Waals surface area contributed by atoms with Gasteiger partial charge in [-0.25, -0.2) is 9.18 Å². The van der Waals surface area contributed by atoms with Gasteiger partial charge in [-0.05, 0) is 72.3 Å². The summed E-state index contributed by atoms with van der Waals surface area (Å²) in [5.41, 5.74) is 2.54. The average Bonchev–Trinajstić information content (AvgIpc) is 3.68. The van der Waals surface area contributed by atoms with Crippen LogP contribution in [0.25, 0.3) is 0 Å². The predicted octanol–water partition coefficient (Wildman–Crippen LogP) is 6.17. The van der Waals surface area contributed by atoms with Crippen molar-refractivity contribution in [3.05, 3.63) is 117 Å². The van der Waals surface area contributed by atoms with Crippen molar-refractivity contribution >= 4 is 29.0 Å². The van der Waals surface area contributed by atoms with Crippen LogP contribution in [-0.2, 0) is 4.79 Å². The summed E-state index contributed by atoms with van der Waals surface area (Å²) in [4.78, 5) is 43.9. The molecule has 1 amide bonds. The average molecular weight is 572 g/mol. The lowest BCUT2D eigenvalue weighted by Crippen LogP contribution is -2.43. The van der Waals surface area contributed by atoms with Gasteiger partial charge in [-0.3, -0.25) is 9.59 Å². The van der Waals surface area contributed by atoms with Crippen molar-refractivity contribution in [1.82, 2.24) is 4.90 Å². The SMILES string of the molecule is Cc1ccccc1C(=O)C1C(c2sccc2C)C(C(=O)O)N(C(=O)c2cccc(F)c2)C1c1ccc2c(c1)OCO2. The number of halogens is 1. The van der Waals surface area contributed by atoms with Crippen LogP contribution in [0.5, 0.6) is 11.5 Å². The predicted molar refractivity (Wildman–Crippen MR) is 150 cm³/mol. The maximum atomic E-state index is 14.6. The quantitative estimate of drug-likeness (QED) is 0.279. The van der Waals surface area contributed by atoms with E-state index in [0.29, 0.717) is 27.5 Å². The van der Waals surface area contributed by atoms with Crippen molar-refractivity contribution < 1.29 is 33.4 Å². The van der Waals surface area contributed by atoms with Crippen molar-refractivity contribution in [2.45, 2.75) is 31.8 Å². The Morgan fingerprint density at radius 1 is 0.927 bits per heavy atom. The molecule has 7 nitrogen and oxygen atoms in total. The van der Waals surface area contributed by atoms with Crippen LogP contribution < -0.4 is 9.47 Å². The van der Waals surface area contributed by atoms with Gasteiger partial charge < -0.3 is 19.5 Å². The highest BCUT2D eigenvalue weighted by molar-refractivity contribution is 7.10. The first kappa shape index (κ1) is 26.7. The number of ether oxygens (including phenoxy) is 2. The lowest BCUT2D eigenvalue weighted by Gasteiger charge is -2.30. The summed E-state index contributed by atoms with van der Waals surface area (Å²) >= 11 is 1.36. The molecule has 3 heterocycles. The van der Waals surface area contributed by atoms with Gasteiger partial charge in [0.2, 0.25) is 6.79 Å². The van der Waals surface area contributed by atoms with Crippen molar-refractivity contribution in [3.8, 4) is 11.5 Å². The third kappa shape index (κ3) is 4.56. The molecule has 4 atom stereocenters. The largest absolute Gasteiger partial charge is 0.480 e. The maximum absolute atomic E-state index is 14.6. The van der Waals surface area contributed by atoms with Gasteiger partial charge >= 0.3 is 5.97 Å². The second kappa shape index (κ2) is 10.5. The number of nitrogens with zero attached hydrogens (tertiary/aromatic N) is 1. The van der Waals surface area contributed by atoms with Crippen LogP contribution in [0.4, 0.5) is 4.39 Å². The summed E-state index contributed by atoms with van der Waals surface area (Å²) in [7, 11) is 0. The molecule has 0 bridgehead atoms. The molecule has 3 aromatic carbocycles. The number of thiophene rings is 1. The van der Waals surface area contributed by atoms with E-state index >= 15 is 0 Å². The van der Waals surface area contributed by atoms with Gasteiger partial charge in [0.05, 0.1) is 12.0 Å². The fraction of sp³-hybridized carbons (Fsp3) is 0.219. The van der Waals surface area contributed by atoms with Gasteiger partial charge in [0.15, 0.2) is 17.3 Å². The Hall–Kier alpha value is -4.50. The fourth-order valence-electron chi connectivity index (χ4n) is 6.04. The first-order chi connectivity index (χ1) is 19.8. The zero-order chi connectivity index (χ0) is 28.8. The Labute approximate surface area is 239 Å². The van der Waals surface area contributed by atoms with E-state index in [-0.39, 0.29) is 18.1 Å². The van der Waals surface area contributed by atoms with E-state index in [9.17, 15) is 23.9 Å². The van der Waals surface area contributed by atoms with Gasteiger partial charge in [-0.1, -0.05) is 36.4 Å². The van der Waals surface area contributed by atoms with Gasteiger partial charge in [0.25, 0.3) is 5.91 Å². The van der Waals surface area contributed by atoms with E-state index in [1.54, 1.807) is 30.3 Å². The highest BCUT2D eigenvalue weighted by Gasteiger charge is 2.58. The number of aryl methyl sites for hydroxylation is 2. The molecule has 1 fully saturated rings. The highest BCUT2D eigenvalue weighted by Crippen LogP contribution is 2.54. The van der Waals surface area contributed by atoms with E-state index in [2.05, 4.69) is 0 Å². The molecule has 4 aromatic rings. The minimum absolute atomic E-state index is 0.00682. The smallest absolute Gasteiger partial charge is 0.327 e. The number of likely N-dealkylation sites (tertiary alicyclic amines) is 1. The second-order valence-corrected chi connectivity index (χ2v) is 11.2. The molecule has 2 aliphatic rings. The molecule has 1 aromatic heterocycles. The summed E-state index contributed by atoms with van der Waals surface area (Å²) in [6.07, 6.45) is 0. The second-order valence-electron chi connectivity index (χ2n) is 10.3. The topological polar surface area (TPSA) is 93.1 Å². The molecule has 208 valence electrons. The zero-order valence-corrected chi connectivity index (χ0v) is 23.1. The Kier molecular flexibility index (Phi) is 6.83. The van der Waals surface area contributed by atoms with Crippen LogP contribution in [0.15, 0.2) is 78.2 Å². The maximum Gasteiger partial charge on any atom is 0.327 e. The molecule has 0 spiro atoms. The van der Waals surface area contributed by atoms with E-state index in [1.165, 1.54) is 34.4 Å². The number of carboxylic acid groups (broad SMARTS) is 1. The number of carbonyl (C=O) groups excluding carboxylic acids is 2. The monoisotopic (exact) mass is 571 g/mol. The molecule has 1 N–H and O–H groups in total. The molecule has 4 unspecified atom stereocenters. The normalized spacial score (nSPS) is 21.2. The first-order valence-corrected chi connectivity index (χ1v) is 14.0. The number of carboxylic acids is 1. The van der Waals surface area contributed by atoms with Crippen LogP contribution >= 0.6 is 11.3 Å². The Balaban J connectivity index is 1.62. The number of aliphatic carboxylic acids is 1. The summed E-state index contributed by atoms with van der Waals surface area (Å²) < 4.78 is 25.4. The molecular weight excluding hydrogens is 545 g/mol. The Morgan fingerprint density at radius 2 is 1.71 bits per heavy atom. The molecule has 6 rings (SSSR count). The summed E-state index contributed by atoms with van der Waals surface area (Å²) in [6.45, 7) is 3.72. The molecule has 9 heteroatoms. The molecule has 1 saturated heterocycles. The number of hydrogen-bond acceptors (Lipinski definition) is 6. The molecular formula is C32H26FNO6S. The van der Waals surface area contributed by atoms with Gasteiger partial charge in [-0.15, -0.1) is 11.3 Å². The summed E-state index contributed by atoms with van der Waals surface area (Å²) in [6, 6.07) is 16.9. The van der Waals surface area contributed by atoms with Crippen LogP contribution in [0.3, 0.4) is 0 Å². The highest BCUT2D eigenvalue weighted by atomic mass is 32.1. The molecule has 0 radical (unpaired) electrons. The lowest BCUT2D eigenvalue weighted by atomic mass is 9.77. The number of ketones is 1. The summed E-state index contributed by atoms with van der Waals surface area (Å²) in [5, 5.41) is 12.6.